The lowest BCUT2D eigenvalue weighted by Gasteiger charge is -2.40. The van der Waals surface area contributed by atoms with Crippen molar-refractivity contribution in [1.29, 1.82) is 0 Å². The molecule has 0 bridgehead atoms. The average molecular weight is 450 g/mol. The van der Waals surface area contributed by atoms with Gasteiger partial charge in [0.05, 0.1) is 11.7 Å². The second-order valence-electron chi connectivity index (χ2n) is 7.47. The van der Waals surface area contributed by atoms with Crippen LogP contribution in [-0.4, -0.2) is 38.3 Å². The van der Waals surface area contributed by atoms with Crippen LogP contribution in [0.25, 0.3) is 11.4 Å². The Labute approximate surface area is 187 Å². The number of benzene rings is 2. The van der Waals surface area contributed by atoms with Gasteiger partial charge in [-0.3, -0.25) is 4.79 Å². The normalized spacial score (nSPS) is 20.2. The monoisotopic (exact) mass is 450 g/mol. The van der Waals surface area contributed by atoms with Crippen molar-refractivity contribution in [3.8, 4) is 11.4 Å². The van der Waals surface area contributed by atoms with E-state index in [4.69, 9.17) is 4.52 Å². The number of carbonyl (C=O) groups excluding carboxylic acids is 2. The predicted molar refractivity (Wildman–Crippen MR) is 118 cm³/mol. The second-order valence-corrected chi connectivity index (χ2v) is 8.53. The maximum Gasteiger partial charge on any atom is 0.332 e. The number of anilines is 1. The fraction of sp³-hybridized carbons (Fsp3) is 0.217. The van der Waals surface area contributed by atoms with Crippen molar-refractivity contribution >= 4 is 29.4 Å². The van der Waals surface area contributed by atoms with E-state index in [2.05, 4.69) is 17.1 Å². The number of rotatable bonds is 5. The van der Waals surface area contributed by atoms with Crippen molar-refractivity contribution in [3.63, 3.8) is 0 Å². The summed E-state index contributed by atoms with van der Waals surface area (Å²) in [5.74, 6) is -0.431. The third kappa shape index (κ3) is 3.48. The highest BCUT2D eigenvalue weighted by molar-refractivity contribution is 8.03. The van der Waals surface area contributed by atoms with E-state index < -0.39 is 29.0 Å². The lowest BCUT2D eigenvalue weighted by Crippen LogP contribution is -2.62. The van der Waals surface area contributed by atoms with E-state index in [0.717, 1.165) is 16.9 Å². The van der Waals surface area contributed by atoms with Gasteiger partial charge in [0.25, 0.3) is 5.91 Å². The number of fused-ring (bicyclic) bond motifs is 1. The zero-order chi connectivity index (χ0) is 22.2. The van der Waals surface area contributed by atoms with Crippen LogP contribution in [0, 0.1) is 5.82 Å². The summed E-state index contributed by atoms with van der Waals surface area (Å²) in [7, 11) is 0. The number of hydrogen-bond donors (Lipinski definition) is 0. The summed E-state index contributed by atoms with van der Waals surface area (Å²) in [6, 6.07) is 12.5. The lowest BCUT2D eigenvalue weighted by atomic mass is 10.1. The van der Waals surface area contributed by atoms with Gasteiger partial charge in [-0.1, -0.05) is 54.6 Å². The molecule has 2 aliphatic heterocycles. The first-order valence-electron chi connectivity index (χ1n) is 10.2. The quantitative estimate of drug-likeness (QED) is 0.573. The summed E-state index contributed by atoms with van der Waals surface area (Å²) in [6.07, 6.45) is 2.73. The Morgan fingerprint density at radius 1 is 1.12 bits per heavy atom. The van der Waals surface area contributed by atoms with Crippen LogP contribution in [0.3, 0.4) is 0 Å². The molecule has 0 saturated carbocycles. The van der Waals surface area contributed by atoms with E-state index >= 15 is 0 Å². The highest BCUT2D eigenvalue weighted by Gasteiger charge is 2.48. The van der Waals surface area contributed by atoms with Gasteiger partial charge >= 0.3 is 6.03 Å². The molecule has 2 aromatic carbocycles. The Morgan fingerprint density at radius 3 is 2.66 bits per heavy atom. The van der Waals surface area contributed by atoms with Crippen LogP contribution in [0.2, 0.25) is 0 Å². The first kappa shape index (κ1) is 20.4. The summed E-state index contributed by atoms with van der Waals surface area (Å²) < 4.78 is 19.8. The summed E-state index contributed by atoms with van der Waals surface area (Å²) in [6.45, 7) is 2.08. The van der Waals surface area contributed by atoms with Gasteiger partial charge in [-0.15, -0.1) is 11.8 Å². The minimum Gasteiger partial charge on any atom is -0.337 e. The third-order valence-corrected chi connectivity index (χ3v) is 6.65. The molecule has 1 saturated heterocycles. The molecule has 0 N–H and O–H groups in total. The molecule has 9 heteroatoms. The molecule has 1 aromatic heterocycles. The number of nitrogens with zero attached hydrogens (tertiary/aromatic N) is 4. The van der Waals surface area contributed by atoms with Crippen molar-refractivity contribution in [3.05, 3.63) is 77.3 Å². The second kappa shape index (κ2) is 8.23. The van der Waals surface area contributed by atoms with Crippen molar-refractivity contribution in [2.24, 2.45) is 0 Å². The number of para-hydroxylation sites is 1. The number of urea groups is 1. The fourth-order valence-electron chi connectivity index (χ4n) is 3.84. The van der Waals surface area contributed by atoms with Crippen LogP contribution < -0.4 is 4.90 Å². The van der Waals surface area contributed by atoms with E-state index in [1.54, 1.807) is 17.6 Å². The molecular weight excluding hydrogens is 431 g/mol. The van der Waals surface area contributed by atoms with Gasteiger partial charge in [0.2, 0.25) is 11.7 Å². The molecule has 2 atom stereocenters. The molecule has 3 aromatic rings. The Hall–Kier alpha value is -3.46. The fourth-order valence-corrected chi connectivity index (χ4v) is 4.88. The number of carbonyl (C=O) groups is 2. The maximum absolute atomic E-state index is 14.4. The standard InChI is InChI=1S/C23H19FN4O3S/c1-2-14-7-9-15(10-8-14)21-25-19(31-26-21)13-27-18-11-12-32-20(18)22(29)28(23(27)30)17-6-4-3-5-16(17)24/h3-12,18,20H,2,13H2,1H3. The molecule has 32 heavy (non-hydrogen) atoms. The molecule has 7 nitrogen and oxygen atoms in total. The molecule has 3 amide bonds. The summed E-state index contributed by atoms with van der Waals surface area (Å²) in [5.41, 5.74) is 1.94. The summed E-state index contributed by atoms with van der Waals surface area (Å²) in [4.78, 5) is 33.1. The van der Waals surface area contributed by atoms with Crippen LogP contribution in [0.4, 0.5) is 14.9 Å². The largest absolute Gasteiger partial charge is 0.337 e. The van der Waals surface area contributed by atoms with Crippen LogP contribution >= 0.6 is 11.8 Å². The van der Waals surface area contributed by atoms with E-state index in [0.29, 0.717) is 5.82 Å². The van der Waals surface area contributed by atoms with Crippen molar-refractivity contribution in [2.45, 2.75) is 31.2 Å². The number of amides is 3. The Bertz CT molecular complexity index is 1210. The van der Waals surface area contributed by atoms with Crippen LogP contribution in [0.1, 0.15) is 18.4 Å². The number of aromatic nitrogens is 2. The number of thioether (sulfide) groups is 1. The van der Waals surface area contributed by atoms with Crippen molar-refractivity contribution < 1.29 is 18.5 Å². The molecule has 2 aliphatic rings. The number of aryl methyl sites for hydroxylation is 1. The van der Waals surface area contributed by atoms with Gasteiger partial charge in [-0.25, -0.2) is 14.1 Å². The molecular formula is C23H19FN4O3S. The zero-order valence-electron chi connectivity index (χ0n) is 17.1. The Kier molecular flexibility index (Phi) is 5.26. The predicted octanol–water partition coefficient (Wildman–Crippen LogP) is 4.40. The smallest absolute Gasteiger partial charge is 0.332 e. The SMILES string of the molecule is CCc1ccc(-c2noc(CN3C(=O)N(c4ccccc4F)C(=O)C4SC=CC43)n2)cc1. The summed E-state index contributed by atoms with van der Waals surface area (Å²) >= 11 is 1.31. The number of hydrogen-bond acceptors (Lipinski definition) is 6. The van der Waals surface area contributed by atoms with Gasteiger partial charge in [0, 0.05) is 5.56 Å². The molecule has 1 fully saturated rings. The average Bonchev–Trinajstić information content (AvgIpc) is 3.48. The minimum absolute atomic E-state index is 0.00315. The maximum atomic E-state index is 14.4. The van der Waals surface area contributed by atoms with Crippen molar-refractivity contribution in [2.75, 3.05) is 4.90 Å². The van der Waals surface area contributed by atoms with Gasteiger partial charge in [-0.2, -0.15) is 4.98 Å². The molecule has 3 heterocycles. The van der Waals surface area contributed by atoms with Gasteiger partial charge < -0.3 is 9.42 Å². The van der Waals surface area contributed by atoms with Gasteiger partial charge in [0.1, 0.15) is 17.6 Å². The van der Waals surface area contributed by atoms with Gasteiger partial charge in [-0.05, 0) is 29.5 Å². The lowest BCUT2D eigenvalue weighted by molar-refractivity contribution is -0.119. The Balaban J connectivity index is 1.44. The van der Waals surface area contributed by atoms with Crippen molar-refractivity contribution in [1.82, 2.24) is 15.0 Å². The molecule has 0 spiro atoms. The van der Waals surface area contributed by atoms with Gasteiger partial charge in [0.15, 0.2) is 0 Å². The molecule has 0 radical (unpaired) electrons. The number of imide groups is 1. The highest BCUT2D eigenvalue weighted by atomic mass is 32.2. The third-order valence-electron chi connectivity index (χ3n) is 5.56. The Morgan fingerprint density at radius 2 is 1.91 bits per heavy atom. The topological polar surface area (TPSA) is 79.5 Å². The van der Waals surface area contributed by atoms with Crippen LogP contribution in [-0.2, 0) is 17.8 Å². The summed E-state index contributed by atoms with van der Waals surface area (Å²) in [5, 5.41) is 5.26. The molecule has 162 valence electrons. The molecule has 2 unspecified atom stereocenters. The zero-order valence-corrected chi connectivity index (χ0v) is 18.0. The number of halogens is 1. The highest BCUT2D eigenvalue weighted by Crippen LogP contribution is 2.37. The molecule has 5 rings (SSSR count). The molecule has 0 aliphatic carbocycles. The first-order chi connectivity index (χ1) is 15.6. The van der Waals surface area contributed by atoms with Crippen LogP contribution in [0.15, 0.2) is 64.5 Å². The van der Waals surface area contributed by atoms with Crippen LogP contribution in [0.5, 0.6) is 0 Å². The first-order valence-corrected chi connectivity index (χ1v) is 11.1. The van der Waals surface area contributed by atoms with E-state index in [9.17, 15) is 14.0 Å². The minimum atomic E-state index is -0.640. The van der Waals surface area contributed by atoms with E-state index in [-0.39, 0.29) is 18.1 Å². The van der Waals surface area contributed by atoms with E-state index in [1.807, 2.05) is 24.3 Å². The van der Waals surface area contributed by atoms with E-state index in [1.165, 1.54) is 40.4 Å².